The molecule has 6 nitrogen and oxygen atoms in total. The fourth-order valence-electron chi connectivity index (χ4n) is 2.25. The molecule has 0 bridgehead atoms. The highest BCUT2D eigenvalue weighted by Crippen LogP contribution is 2.15. The van der Waals surface area contributed by atoms with Gasteiger partial charge in [-0.2, -0.15) is 0 Å². The molecule has 2 N–H and O–H groups in total. The van der Waals surface area contributed by atoms with Crippen molar-refractivity contribution < 1.29 is 4.39 Å². The van der Waals surface area contributed by atoms with Crippen LogP contribution in [-0.4, -0.2) is 33.8 Å². The van der Waals surface area contributed by atoms with E-state index in [1.165, 1.54) is 12.1 Å². The minimum atomic E-state index is -0.271. The Morgan fingerprint density at radius 1 is 1.29 bits per heavy atom. The van der Waals surface area contributed by atoms with Crippen LogP contribution in [0.15, 0.2) is 34.0 Å². The van der Waals surface area contributed by atoms with E-state index in [2.05, 4.69) is 48.7 Å². The molecule has 2 rings (SSSR count). The van der Waals surface area contributed by atoms with Crippen molar-refractivity contribution in [1.29, 1.82) is 0 Å². The molecule has 0 spiro atoms. The monoisotopic (exact) mass is 396 g/mol. The molecule has 0 amide bonds. The molecule has 0 fully saturated rings. The average Bonchev–Trinajstić information content (AvgIpc) is 2.99. The summed E-state index contributed by atoms with van der Waals surface area (Å²) in [5.74, 6) is 1.39. The number of hydrogen-bond acceptors (Lipinski definition) is 3. The van der Waals surface area contributed by atoms with Crippen LogP contribution in [0.5, 0.6) is 0 Å². The minimum absolute atomic E-state index is 0.271. The zero-order valence-corrected chi connectivity index (χ0v) is 15.5. The normalized spacial score (nSPS) is 11.6. The van der Waals surface area contributed by atoms with Crippen LogP contribution in [-0.2, 0) is 19.5 Å². The van der Waals surface area contributed by atoms with Crippen molar-refractivity contribution in [2.45, 2.75) is 33.4 Å². The summed E-state index contributed by atoms with van der Waals surface area (Å²) in [5, 5.41) is 14.4. The van der Waals surface area contributed by atoms with E-state index in [4.69, 9.17) is 0 Å². The zero-order valence-electron chi connectivity index (χ0n) is 13.9. The van der Waals surface area contributed by atoms with E-state index < -0.39 is 0 Å². The summed E-state index contributed by atoms with van der Waals surface area (Å²) >= 11 is 3.29. The number of halogens is 2. The lowest BCUT2D eigenvalue weighted by atomic mass is 10.2. The first-order valence-electron chi connectivity index (χ1n) is 7.96. The molecule has 0 saturated carbocycles. The van der Waals surface area contributed by atoms with Gasteiger partial charge in [-0.1, -0.05) is 22.9 Å². The summed E-state index contributed by atoms with van der Waals surface area (Å²) in [4.78, 5) is 4.49. The van der Waals surface area contributed by atoms with E-state index in [1.807, 2.05) is 17.6 Å². The molecule has 0 unspecified atom stereocenters. The lowest BCUT2D eigenvalue weighted by Gasteiger charge is -2.12. The Morgan fingerprint density at radius 3 is 2.83 bits per heavy atom. The molecular weight excluding hydrogens is 375 g/mol. The Balaban J connectivity index is 1.93. The Bertz CT molecular complexity index is 665. The van der Waals surface area contributed by atoms with Crippen molar-refractivity contribution in [2.75, 3.05) is 13.1 Å². The van der Waals surface area contributed by atoms with Crippen molar-refractivity contribution in [3.8, 4) is 0 Å². The van der Waals surface area contributed by atoms with Crippen LogP contribution in [0.25, 0.3) is 0 Å². The van der Waals surface area contributed by atoms with Crippen LogP contribution in [0.1, 0.15) is 25.2 Å². The third-order valence-electron chi connectivity index (χ3n) is 3.34. The fourth-order valence-corrected chi connectivity index (χ4v) is 2.76. The van der Waals surface area contributed by atoms with Gasteiger partial charge < -0.3 is 15.2 Å². The Hall–Kier alpha value is -1.96. The first kappa shape index (κ1) is 18.4. The molecular formula is C16H22BrFN6. The van der Waals surface area contributed by atoms with Crippen LogP contribution in [0.4, 0.5) is 4.39 Å². The Labute approximate surface area is 149 Å². The van der Waals surface area contributed by atoms with Crippen LogP contribution in [0.2, 0.25) is 0 Å². The van der Waals surface area contributed by atoms with Crippen molar-refractivity contribution in [3.05, 3.63) is 46.2 Å². The molecule has 1 heterocycles. The molecule has 1 aromatic carbocycles. The van der Waals surface area contributed by atoms with Gasteiger partial charge in [-0.15, -0.1) is 10.2 Å². The maximum atomic E-state index is 13.4. The van der Waals surface area contributed by atoms with Crippen LogP contribution in [0.3, 0.4) is 0 Å². The SMILES string of the molecule is CCNC(=NCc1cc(F)cc(Br)c1)NCCn1cnnc1CC. The standard InChI is InChI=1S/C16H22BrFN6/c1-3-15-23-22-11-24(15)6-5-20-16(19-4-2)21-10-12-7-13(17)9-14(18)8-12/h7-9,11H,3-6,10H2,1-2H3,(H2,19,20,21). The number of guanidine groups is 1. The third-order valence-corrected chi connectivity index (χ3v) is 3.80. The second-order valence-corrected chi connectivity index (χ2v) is 6.11. The third kappa shape index (κ3) is 5.59. The summed E-state index contributed by atoms with van der Waals surface area (Å²) in [6, 6.07) is 4.78. The number of aromatic nitrogens is 3. The van der Waals surface area contributed by atoms with Crippen LogP contribution >= 0.6 is 15.9 Å². The van der Waals surface area contributed by atoms with E-state index in [0.29, 0.717) is 23.5 Å². The van der Waals surface area contributed by atoms with Crippen molar-refractivity contribution in [2.24, 2.45) is 4.99 Å². The van der Waals surface area contributed by atoms with E-state index in [1.54, 1.807) is 6.33 Å². The quantitative estimate of drug-likeness (QED) is 0.557. The largest absolute Gasteiger partial charge is 0.357 e. The summed E-state index contributed by atoms with van der Waals surface area (Å²) < 4.78 is 16.1. The zero-order chi connectivity index (χ0) is 17.4. The fraction of sp³-hybridized carbons (Fsp3) is 0.438. The number of nitrogens with one attached hydrogen (secondary N) is 2. The number of hydrogen-bond donors (Lipinski definition) is 2. The maximum Gasteiger partial charge on any atom is 0.191 e. The summed E-state index contributed by atoms with van der Waals surface area (Å²) in [7, 11) is 0. The van der Waals surface area contributed by atoms with E-state index in [9.17, 15) is 4.39 Å². The summed E-state index contributed by atoms with van der Waals surface area (Å²) in [6.07, 6.45) is 2.58. The minimum Gasteiger partial charge on any atom is -0.357 e. The molecule has 130 valence electrons. The van der Waals surface area contributed by atoms with Crippen molar-refractivity contribution >= 4 is 21.9 Å². The van der Waals surface area contributed by atoms with Gasteiger partial charge in [0.15, 0.2) is 5.96 Å². The molecule has 0 aliphatic heterocycles. The van der Waals surface area contributed by atoms with Gasteiger partial charge in [-0.3, -0.25) is 0 Å². The lowest BCUT2D eigenvalue weighted by molar-refractivity contribution is 0.624. The van der Waals surface area contributed by atoms with Gasteiger partial charge in [0.2, 0.25) is 0 Å². The molecule has 2 aromatic rings. The molecule has 0 aliphatic carbocycles. The van der Waals surface area contributed by atoms with Crippen molar-refractivity contribution in [3.63, 3.8) is 0 Å². The van der Waals surface area contributed by atoms with Gasteiger partial charge in [0, 0.05) is 30.5 Å². The Morgan fingerprint density at radius 2 is 2.12 bits per heavy atom. The van der Waals surface area contributed by atoms with Gasteiger partial charge >= 0.3 is 0 Å². The number of rotatable bonds is 7. The maximum absolute atomic E-state index is 13.4. The molecule has 0 saturated heterocycles. The van der Waals surface area contributed by atoms with Crippen LogP contribution < -0.4 is 10.6 Å². The smallest absolute Gasteiger partial charge is 0.191 e. The molecule has 0 aliphatic rings. The summed E-state index contributed by atoms with van der Waals surface area (Å²) in [6.45, 7) is 6.67. The average molecular weight is 397 g/mol. The van der Waals surface area contributed by atoms with Crippen molar-refractivity contribution in [1.82, 2.24) is 25.4 Å². The van der Waals surface area contributed by atoms with Gasteiger partial charge in [-0.25, -0.2) is 9.38 Å². The van der Waals surface area contributed by atoms with Gasteiger partial charge in [0.1, 0.15) is 18.0 Å². The molecule has 8 heteroatoms. The van der Waals surface area contributed by atoms with E-state index >= 15 is 0 Å². The lowest BCUT2D eigenvalue weighted by Crippen LogP contribution is -2.38. The second kappa shape index (κ2) is 9.36. The first-order valence-corrected chi connectivity index (χ1v) is 8.75. The topological polar surface area (TPSA) is 67.1 Å². The highest BCUT2D eigenvalue weighted by Gasteiger charge is 2.03. The first-order chi connectivity index (χ1) is 11.6. The highest BCUT2D eigenvalue weighted by molar-refractivity contribution is 9.10. The molecule has 1 aromatic heterocycles. The highest BCUT2D eigenvalue weighted by atomic mass is 79.9. The van der Waals surface area contributed by atoms with E-state index in [0.717, 1.165) is 30.9 Å². The summed E-state index contributed by atoms with van der Waals surface area (Å²) in [5.41, 5.74) is 0.811. The molecule has 24 heavy (non-hydrogen) atoms. The molecule has 0 atom stereocenters. The van der Waals surface area contributed by atoms with Gasteiger partial charge in [-0.05, 0) is 30.7 Å². The molecule has 0 radical (unpaired) electrons. The van der Waals surface area contributed by atoms with Gasteiger partial charge in [0.05, 0.1) is 6.54 Å². The number of nitrogens with zero attached hydrogens (tertiary/aromatic N) is 4. The van der Waals surface area contributed by atoms with Gasteiger partial charge in [0.25, 0.3) is 0 Å². The second-order valence-electron chi connectivity index (χ2n) is 5.19. The number of aryl methyl sites for hydroxylation is 1. The van der Waals surface area contributed by atoms with Crippen LogP contribution in [0, 0.1) is 5.82 Å². The number of aliphatic imine (C=N–C) groups is 1. The predicted molar refractivity (Wildman–Crippen MR) is 96.3 cm³/mol. The van der Waals surface area contributed by atoms with E-state index in [-0.39, 0.29) is 5.82 Å². The Kier molecular flexibility index (Phi) is 7.17. The number of benzene rings is 1. The predicted octanol–water partition coefficient (Wildman–Crippen LogP) is 2.50.